The minimum absolute atomic E-state index is 0.229. The number of nitrogens with zero attached hydrogens (tertiary/aromatic N) is 3. The molecule has 0 N–H and O–H groups in total. The zero-order valence-corrected chi connectivity index (χ0v) is 14.6. The minimum atomic E-state index is 0.229. The van der Waals surface area contributed by atoms with Gasteiger partial charge in [0, 0.05) is 44.8 Å². The Morgan fingerprint density at radius 3 is 2.36 bits per heavy atom. The first-order valence-corrected chi connectivity index (χ1v) is 9.25. The quantitative estimate of drug-likeness (QED) is 0.862. The zero-order valence-electron chi connectivity index (χ0n) is 14.6. The second-order valence-electron chi connectivity index (χ2n) is 7.20. The van der Waals surface area contributed by atoms with Gasteiger partial charge in [0.25, 0.3) is 0 Å². The molecule has 2 aromatic rings. The van der Waals surface area contributed by atoms with Crippen molar-refractivity contribution < 1.29 is 4.79 Å². The van der Waals surface area contributed by atoms with Gasteiger partial charge in [0.15, 0.2) is 0 Å². The summed E-state index contributed by atoms with van der Waals surface area (Å²) in [6, 6.07) is 16.6. The number of pyridine rings is 1. The van der Waals surface area contributed by atoms with Gasteiger partial charge in [-0.3, -0.25) is 14.7 Å². The first-order chi connectivity index (χ1) is 12.3. The van der Waals surface area contributed by atoms with E-state index in [-0.39, 0.29) is 5.92 Å². The molecule has 1 aromatic carbocycles. The molecule has 0 radical (unpaired) electrons. The van der Waals surface area contributed by atoms with E-state index in [1.54, 1.807) is 0 Å². The van der Waals surface area contributed by atoms with Crippen LogP contribution in [0.1, 0.15) is 30.0 Å². The summed E-state index contributed by atoms with van der Waals surface area (Å²) in [5, 5.41) is 0. The number of aromatic nitrogens is 1. The normalized spacial score (nSPS) is 23.9. The average Bonchev–Trinajstić information content (AvgIpc) is 2.63. The number of carbonyl (C=O) groups is 1. The van der Waals surface area contributed by atoms with E-state index in [1.165, 1.54) is 5.56 Å². The lowest BCUT2D eigenvalue weighted by atomic mass is 9.71. The van der Waals surface area contributed by atoms with Crippen LogP contribution < -0.4 is 0 Å². The summed E-state index contributed by atoms with van der Waals surface area (Å²) in [5.74, 6) is 1.16. The third-order valence-electron chi connectivity index (χ3n) is 5.55. The summed E-state index contributed by atoms with van der Waals surface area (Å²) in [4.78, 5) is 21.6. The predicted molar refractivity (Wildman–Crippen MR) is 98.0 cm³/mol. The van der Waals surface area contributed by atoms with Crippen molar-refractivity contribution in [2.24, 2.45) is 5.92 Å². The van der Waals surface area contributed by atoms with E-state index in [0.717, 1.165) is 51.3 Å². The van der Waals surface area contributed by atoms with Crippen LogP contribution in [-0.4, -0.2) is 46.9 Å². The number of piperazine rings is 1. The van der Waals surface area contributed by atoms with Crippen LogP contribution in [0.15, 0.2) is 54.7 Å². The number of hydrogen-bond acceptors (Lipinski definition) is 3. The Hall–Kier alpha value is -2.20. The number of benzene rings is 1. The van der Waals surface area contributed by atoms with Crippen LogP contribution in [0.25, 0.3) is 0 Å². The lowest BCUT2D eigenvalue weighted by Gasteiger charge is -2.41. The maximum atomic E-state index is 12.7. The lowest BCUT2D eigenvalue weighted by molar-refractivity contribution is -0.140. The van der Waals surface area contributed by atoms with Crippen LogP contribution in [-0.2, 0) is 11.3 Å². The van der Waals surface area contributed by atoms with Gasteiger partial charge in [-0.1, -0.05) is 36.4 Å². The van der Waals surface area contributed by atoms with Crippen LogP contribution in [0, 0.1) is 5.92 Å². The van der Waals surface area contributed by atoms with Gasteiger partial charge in [0.05, 0.1) is 5.69 Å². The molecule has 2 heterocycles. The Labute approximate surface area is 149 Å². The van der Waals surface area contributed by atoms with Gasteiger partial charge in [-0.15, -0.1) is 0 Å². The van der Waals surface area contributed by atoms with Crippen molar-refractivity contribution in [1.29, 1.82) is 0 Å². The molecule has 2 fully saturated rings. The maximum absolute atomic E-state index is 12.7. The highest BCUT2D eigenvalue weighted by Crippen LogP contribution is 2.42. The molecule has 4 rings (SSSR count). The van der Waals surface area contributed by atoms with Gasteiger partial charge in [-0.25, -0.2) is 0 Å². The minimum Gasteiger partial charge on any atom is -0.340 e. The molecule has 4 nitrogen and oxygen atoms in total. The molecule has 0 bridgehead atoms. The van der Waals surface area contributed by atoms with Gasteiger partial charge in [-0.05, 0) is 36.5 Å². The molecular weight excluding hydrogens is 310 g/mol. The average molecular weight is 335 g/mol. The van der Waals surface area contributed by atoms with Gasteiger partial charge in [-0.2, -0.15) is 0 Å². The SMILES string of the molecule is O=C(C1CC(c2ccccc2)C1)N1CCN(Cc2ccccn2)CC1. The molecule has 25 heavy (non-hydrogen) atoms. The van der Waals surface area contributed by atoms with E-state index in [4.69, 9.17) is 0 Å². The highest BCUT2D eigenvalue weighted by atomic mass is 16.2. The van der Waals surface area contributed by atoms with Crippen molar-refractivity contribution in [3.63, 3.8) is 0 Å². The fraction of sp³-hybridized carbons (Fsp3) is 0.429. The van der Waals surface area contributed by atoms with E-state index in [0.29, 0.717) is 11.8 Å². The van der Waals surface area contributed by atoms with Gasteiger partial charge in [0.2, 0.25) is 5.91 Å². The molecule has 0 unspecified atom stereocenters. The molecule has 4 heteroatoms. The van der Waals surface area contributed by atoms with E-state index >= 15 is 0 Å². The second kappa shape index (κ2) is 7.36. The highest BCUT2D eigenvalue weighted by molar-refractivity contribution is 5.80. The molecule has 1 amide bonds. The molecule has 1 aliphatic carbocycles. The molecule has 1 aromatic heterocycles. The molecule has 130 valence electrons. The van der Waals surface area contributed by atoms with Crippen LogP contribution in [0.3, 0.4) is 0 Å². The number of rotatable bonds is 4. The monoisotopic (exact) mass is 335 g/mol. The summed E-state index contributed by atoms with van der Waals surface area (Å²) in [6.07, 6.45) is 3.86. The predicted octanol–water partition coefficient (Wildman–Crippen LogP) is 2.92. The largest absolute Gasteiger partial charge is 0.340 e. The third-order valence-corrected chi connectivity index (χ3v) is 5.55. The number of amides is 1. The first kappa shape index (κ1) is 16.3. The summed E-state index contributed by atoms with van der Waals surface area (Å²) in [5.41, 5.74) is 2.48. The van der Waals surface area contributed by atoms with Crippen LogP contribution >= 0.6 is 0 Å². The van der Waals surface area contributed by atoms with Crippen molar-refractivity contribution in [1.82, 2.24) is 14.8 Å². The first-order valence-electron chi connectivity index (χ1n) is 9.25. The zero-order chi connectivity index (χ0) is 17.1. The number of hydrogen-bond donors (Lipinski definition) is 0. The van der Waals surface area contributed by atoms with Gasteiger partial charge >= 0.3 is 0 Å². The number of carbonyl (C=O) groups excluding carboxylic acids is 1. The van der Waals surface area contributed by atoms with Crippen LogP contribution in [0.5, 0.6) is 0 Å². The molecule has 1 saturated carbocycles. The lowest BCUT2D eigenvalue weighted by Crippen LogP contribution is -2.51. The molecule has 2 aliphatic rings. The summed E-state index contributed by atoms with van der Waals surface area (Å²) >= 11 is 0. The standard InChI is InChI=1S/C21H25N3O/c25-21(19-14-18(15-19)17-6-2-1-3-7-17)24-12-10-23(11-13-24)16-20-8-4-5-9-22-20/h1-9,18-19H,10-16H2. The molecule has 1 saturated heterocycles. The Morgan fingerprint density at radius 1 is 0.960 bits per heavy atom. The third kappa shape index (κ3) is 3.74. The van der Waals surface area contributed by atoms with Crippen LogP contribution in [0.4, 0.5) is 0 Å². The molecule has 0 atom stereocenters. The van der Waals surface area contributed by atoms with E-state index < -0.39 is 0 Å². The van der Waals surface area contributed by atoms with Crippen molar-refractivity contribution in [2.75, 3.05) is 26.2 Å². The van der Waals surface area contributed by atoms with Crippen LogP contribution in [0.2, 0.25) is 0 Å². The second-order valence-corrected chi connectivity index (χ2v) is 7.20. The highest BCUT2D eigenvalue weighted by Gasteiger charge is 2.38. The Bertz CT molecular complexity index is 690. The fourth-order valence-electron chi connectivity index (χ4n) is 3.92. The Kier molecular flexibility index (Phi) is 4.79. The molecular formula is C21H25N3O. The van der Waals surface area contributed by atoms with Gasteiger partial charge < -0.3 is 4.90 Å². The van der Waals surface area contributed by atoms with E-state index in [1.807, 2.05) is 18.3 Å². The summed E-state index contributed by atoms with van der Waals surface area (Å²) in [7, 11) is 0. The summed E-state index contributed by atoms with van der Waals surface area (Å²) in [6.45, 7) is 4.45. The van der Waals surface area contributed by atoms with Crippen molar-refractivity contribution in [3.8, 4) is 0 Å². The molecule has 1 aliphatic heterocycles. The van der Waals surface area contributed by atoms with Crippen molar-refractivity contribution in [2.45, 2.75) is 25.3 Å². The van der Waals surface area contributed by atoms with Crippen molar-refractivity contribution >= 4 is 5.91 Å². The van der Waals surface area contributed by atoms with Gasteiger partial charge in [0.1, 0.15) is 0 Å². The van der Waals surface area contributed by atoms with E-state index in [2.05, 4.69) is 51.2 Å². The maximum Gasteiger partial charge on any atom is 0.225 e. The smallest absolute Gasteiger partial charge is 0.225 e. The van der Waals surface area contributed by atoms with Crippen molar-refractivity contribution in [3.05, 3.63) is 66.0 Å². The van der Waals surface area contributed by atoms with E-state index in [9.17, 15) is 4.79 Å². The molecule has 0 spiro atoms. The summed E-state index contributed by atoms with van der Waals surface area (Å²) < 4.78 is 0. The Morgan fingerprint density at radius 2 is 1.68 bits per heavy atom. The topological polar surface area (TPSA) is 36.4 Å². The Balaban J connectivity index is 1.24. The fourth-order valence-corrected chi connectivity index (χ4v) is 3.92.